The first-order chi connectivity index (χ1) is 34.6. The molecule has 3 heteroatoms. The van der Waals surface area contributed by atoms with Crippen molar-refractivity contribution in [3.63, 3.8) is 0 Å². The first-order valence-corrected chi connectivity index (χ1v) is 24.2. The summed E-state index contributed by atoms with van der Waals surface area (Å²) in [5, 5.41) is 7.45. The third-order valence-corrected chi connectivity index (χ3v) is 14.5. The van der Waals surface area contributed by atoms with Gasteiger partial charge in [-0.3, -0.25) is 0 Å². The van der Waals surface area contributed by atoms with Gasteiger partial charge in [0.15, 0.2) is 0 Å². The van der Waals surface area contributed by atoms with Crippen LogP contribution in [-0.4, -0.2) is 13.7 Å². The Balaban J connectivity index is 0.891. The quantitative estimate of drug-likeness (QED) is 0.151. The second-order valence-electron chi connectivity index (χ2n) is 18.6. The maximum Gasteiger partial charge on any atom is 0.0541 e. The molecule has 0 saturated heterocycles. The van der Waals surface area contributed by atoms with Crippen LogP contribution in [0, 0.1) is 6.92 Å². The number of nitrogens with zero attached hydrogens (tertiary/aromatic N) is 3. The molecule has 0 aliphatic rings. The smallest absolute Gasteiger partial charge is 0.0541 e. The number of para-hydroxylation sites is 3. The van der Waals surface area contributed by atoms with Crippen LogP contribution < -0.4 is 0 Å². The third-order valence-electron chi connectivity index (χ3n) is 14.5. The molecule has 70 heavy (non-hydrogen) atoms. The lowest BCUT2D eigenvalue weighted by molar-refractivity contribution is 1.18. The van der Waals surface area contributed by atoms with Crippen LogP contribution in [0.15, 0.2) is 255 Å². The van der Waals surface area contributed by atoms with E-state index in [4.69, 9.17) is 0 Å². The molecule has 0 amide bonds. The number of hydrogen-bond acceptors (Lipinski definition) is 0. The molecule has 0 bridgehead atoms. The number of fused-ring (bicyclic) bond motifs is 9. The minimum Gasteiger partial charge on any atom is -0.309 e. The average molecular weight is 892 g/mol. The van der Waals surface area contributed by atoms with Gasteiger partial charge >= 0.3 is 0 Å². The highest BCUT2D eigenvalue weighted by molar-refractivity contribution is 6.14. The van der Waals surface area contributed by atoms with Crippen LogP contribution in [0.5, 0.6) is 0 Å². The fourth-order valence-electron chi connectivity index (χ4n) is 11.2. The van der Waals surface area contributed by atoms with Gasteiger partial charge in [-0.05, 0) is 148 Å². The summed E-state index contributed by atoms with van der Waals surface area (Å²) < 4.78 is 7.23. The summed E-state index contributed by atoms with van der Waals surface area (Å²) in [7, 11) is 0. The van der Waals surface area contributed by atoms with Crippen molar-refractivity contribution in [1.82, 2.24) is 13.7 Å². The van der Waals surface area contributed by atoms with Crippen LogP contribution in [0.25, 0.3) is 127 Å². The number of aromatic nitrogens is 3. The SMILES string of the molecule is Cc1cccc(-c2ccc3c(c2)c2cc(-c4ccc5c(c4)c4ccccc4n5-c4cccc(-c5ccccc5)c4)ccc2n3-c2ccc(-c3ccc4c(c3)c3ccccc3n4-c3ccccc3)cc2)c1. The summed E-state index contributed by atoms with van der Waals surface area (Å²) in [6, 6.07) is 93.6. The molecule has 0 aliphatic carbocycles. The van der Waals surface area contributed by atoms with Gasteiger partial charge in [0.1, 0.15) is 0 Å². The molecular weight excluding hydrogens is 847 g/mol. The molecule has 0 saturated carbocycles. The summed E-state index contributed by atoms with van der Waals surface area (Å²) in [6.45, 7) is 2.17. The minimum absolute atomic E-state index is 1.13. The van der Waals surface area contributed by atoms with Crippen LogP contribution >= 0.6 is 0 Å². The molecule has 11 aromatic carbocycles. The predicted molar refractivity (Wildman–Crippen MR) is 296 cm³/mol. The van der Waals surface area contributed by atoms with E-state index >= 15 is 0 Å². The molecule has 0 aliphatic heterocycles. The van der Waals surface area contributed by atoms with E-state index in [1.165, 1.54) is 121 Å². The van der Waals surface area contributed by atoms with E-state index in [9.17, 15) is 0 Å². The molecule has 14 rings (SSSR count). The van der Waals surface area contributed by atoms with Gasteiger partial charge in [0.2, 0.25) is 0 Å². The third kappa shape index (κ3) is 6.43. The molecule has 0 radical (unpaired) electrons. The zero-order valence-corrected chi connectivity index (χ0v) is 38.6. The van der Waals surface area contributed by atoms with Gasteiger partial charge < -0.3 is 13.7 Å². The van der Waals surface area contributed by atoms with E-state index in [2.05, 4.69) is 275 Å². The van der Waals surface area contributed by atoms with Crippen molar-refractivity contribution >= 4 is 65.4 Å². The highest BCUT2D eigenvalue weighted by Gasteiger charge is 2.19. The molecule has 0 fully saturated rings. The molecule has 0 atom stereocenters. The highest BCUT2D eigenvalue weighted by atomic mass is 15.0. The standard InChI is InChI=1S/C67H45N3/c1-44-14-12-17-47(38-44)50-29-36-66-60(42-50)61-43-52(51-30-35-65-59(41-51)57-23-9-11-25-63(57)70(65)55-21-13-18-48(39-55)45-15-4-2-5-16-45)31-37-67(61)69(66)54-32-26-46(27-33-54)49-28-34-64-58(40-49)56-22-8-10-24-62(56)68(64)53-19-6-3-7-20-53/h2-43H,1H3. The van der Waals surface area contributed by atoms with Crippen molar-refractivity contribution in [2.75, 3.05) is 0 Å². The minimum atomic E-state index is 1.13. The van der Waals surface area contributed by atoms with Crippen molar-refractivity contribution in [2.45, 2.75) is 6.92 Å². The zero-order valence-electron chi connectivity index (χ0n) is 38.6. The first-order valence-electron chi connectivity index (χ1n) is 24.2. The lowest BCUT2D eigenvalue weighted by Gasteiger charge is -2.11. The van der Waals surface area contributed by atoms with Crippen LogP contribution in [0.1, 0.15) is 5.56 Å². The van der Waals surface area contributed by atoms with Gasteiger partial charge in [-0.2, -0.15) is 0 Å². The molecular formula is C67H45N3. The van der Waals surface area contributed by atoms with Crippen molar-refractivity contribution < 1.29 is 0 Å². The van der Waals surface area contributed by atoms with Crippen LogP contribution in [-0.2, 0) is 0 Å². The molecule has 3 heterocycles. The summed E-state index contributed by atoms with van der Waals surface area (Å²) in [5.41, 5.74) is 21.5. The summed E-state index contributed by atoms with van der Waals surface area (Å²) >= 11 is 0. The average Bonchev–Trinajstić information content (AvgIpc) is 4.06. The molecule has 14 aromatic rings. The van der Waals surface area contributed by atoms with Gasteiger partial charge in [-0.25, -0.2) is 0 Å². The molecule has 0 spiro atoms. The van der Waals surface area contributed by atoms with Gasteiger partial charge in [0, 0.05) is 49.4 Å². The van der Waals surface area contributed by atoms with Gasteiger partial charge in [-0.15, -0.1) is 0 Å². The summed E-state index contributed by atoms with van der Waals surface area (Å²) in [4.78, 5) is 0. The van der Waals surface area contributed by atoms with E-state index in [1.54, 1.807) is 0 Å². The Hall–Kier alpha value is -9.18. The Labute approximate surface area is 406 Å². The second-order valence-corrected chi connectivity index (χ2v) is 18.6. The lowest BCUT2D eigenvalue weighted by Crippen LogP contribution is -1.94. The molecule has 328 valence electrons. The number of aryl methyl sites for hydroxylation is 1. The van der Waals surface area contributed by atoms with Gasteiger partial charge in [-0.1, -0.05) is 163 Å². The van der Waals surface area contributed by atoms with Gasteiger partial charge in [0.05, 0.1) is 33.1 Å². The monoisotopic (exact) mass is 891 g/mol. The predicted octanol–water partition coefficient (Wildman–Crippen LogP) is 18.0. The fraction of sp³-hybridized carbons (Fsp3) is 0.0149. The van der Waals surface area contributed by atoms with E-state index < -0.39 is 0 Å². The largest absolute Gasteiger partial charge is 0.309 e. The lowest BCUT2D eigenvalue weighted by atomic mass is 9.99. The van der Waals surface area contributed by atoms with E-state index in [0.29, 0.717) is 0 Å². The maximum absolute atomic E-state index is 2.44. The Morgan fingerprint density at radius 1 is 0.200 bits per heavy atom. The topological polar surface area (TPSA) is 14.8 Å². The van der Waals surface area contributed by atoms with Crippen molar-refractivity contribution in [3.8, 4) is 61.6 Å². The number of rotatable bonds is 7. The van der Waals surface area contributed by atoms with E-state index in [0.717, 1.165) is 11.4 Å². The molecule has 0 unspecified atom stereocenters. The highest BCUT2D eigenvalue weighted by Crippen LogP contribution is 2.41. The molecule has 3 nitrogen and oxygen atoms in total. The van der Waals surface area contributed by atoms with Crippen molar-refractivity contribution in [3.05, 3.63) is 260 Å². The fourth-order valence-corrected chi connectivity index (χ4v) is 11.2. The second kappa shape index (κ2) is 16.0. The van der Waals surface area contributed by atoms with Crippen molar-refractivity contribution in [1.29, 1.82) is 0 Å². The molecule has 3 aromatic heterocycles. The normalized spacial score (nSPS) is 11.8. The summed E-state index contributed by atoms with van der Waals surface area (Å²) in [6.07, 6.45) is 0. The Morgan fingerprint density at radius 3 is 1.06 bits per heavy atom. The summed E-state index contributed by atoms with van der Waals surface area (Å²) in [5.74, 6) is 0. The number of hydrogen-bond donors (Lipinski definition) is 0. The molecule has 0 N–H and O–H groups in total. The Morgan fingerprint density at radius 2 is 0.529 bits per heavy atom. The van der Waals surface area contributed by atoms with E-state index in [-0.39, 0.29) is 0 Å². The first kappa shape index (κ1) is 39.9. The van der Waals surface area contributed by atoms with Crippen molar-refractivity contribution in [2.24, 2.45) is 0 Å². The van der Waals surface area contributed by atoms with Gasteiger partial charge in [0.25, 0.3) is 0 Å². The number of benzene rings is 11. The van der Waals surface area contributed by atoms with Crippen LogP contribution in [0.4, 0.5) is 0 Å². The Kier molecular flexibility index (Phi) is 9.11. The van der Waals surface area contributed by atoms with Crippen LogP contribution in [0.2, 0.25) is 0 Å². The van der Waals surface area contributed by atoms with E-state index in [1.807, 2.05) is 0 Å². The van der Waals surface area contributed by atoms with Crippen LogP contribution in [0.3, 0.4) is 0 Å². The Bertz CT molecular complexity index is 4340. The zero-order chi connectivity index (χ0) is 46.3. The maximum atomic E-state index is 2.44.